The van der Waals surface area contributed by atoms with E-state index in [1.807, 2.05) is 20.8 Å². The summed E-state index contributed by atoms with van der Waals surface area (Å²) in [5.41, 5.74) is 2.15. The minimum absolute atomic E-state index is 0.00298. The van der Waals surface area contributed by atoms with Gasteiger partial charge < -0.3 is 19.2 Å². The van der Waals surface area contributed by atoms with Crippen molar-refractivity contribution in [2.24, 2.45) is 0 Å². The number of furan rings is 1. The number of anilines is 1. The molecule has 0 atom stereocenters. The third kappa shape index (κ3) is 4.67. The number of aryl methyl sites for hydroxylation is 1. The smallest absolute Gasteiger partial charge is 0.341 e. The lowest BCUT2D eigenvalue weighted by Gasteiger charge is -2.10. The number of ether oxygens (including phenoxy) is 2. The van der Waals surface area contributed by atoms with Crippen LogP contribution in [0.25, 0.3) is 22.5 Å². The van der Waals surface area contributed by atoms with Gasteiger partial charge in [-0.05, 0) is 51.5 Å². The van der Waals surface area contributed by atoms with Gasteiger partial charge in [0.15, 0.2) is 18.0 Å². The number of amides is 1. The van der Waals surface area contributed by atoms with E-state index in [9.17, 15) is 14.4 Å². The lowest BCUT2D eigenvalue weighted by Crippen LogP contribution is -2.22. The summed E-state index contributed by atoms with van der Waals surface area (Å²) in [5, 5.41) is 7.83. The Balaban J connectivity index is 1.57. The summed E-state index contributed by atoms with van der Waals surface area (Å²) in [4.78, 5) is 43.2. The summed E-state index contributed by atoms with van der Waals surface area (Å²) in [6, 6.07) is 5.01. The molecule has 0 aromatic carbocycles. The van der Waals surface area contributed by atoms with Crippen LogP contribution in [-0.2, 0) is 14.3 Å². The van der Waals surface area contributed by atoms with Crippen molar-refractivity contribution in [3.8, 4) is 11.5 Å². The molecule has 0 saturated heterocycles. The highest BCUT2D eigenvalue weighted by Gasteiger charge is 2.24. The van der Waals surface area contributed by atoms with Gasteiger partial charge in [-0.2, -0.15) is 5.10 Å². The summed E-state index contributed by atoms with van der Waals surface area (Å²) in [5.74, 6) is -1.37. The Kier molecular flexibility index (Phi) is 6.70. The van der Waals surface area contributed by atoms with Crippen molar-refractivity contribution in [2.75, 3.05) is 19.0 Å². The molecule has 11 heteroatoms. The van der Waals surface area contributed by atoms with Gasteiger partial charge in [-0.3, -0.25) is 4.79 Å². The molecule has 35 heavy (non-hydrogen) atoms. The van der Waals surface area contributed by atoms with Crippen molar-refractivity contribution < 1.29 is 28.3 Å². The highest BCUT2D eigenvalue weighted by Crippen LogP contribution is 2.33. The van der Waals surface area contributed by atoms with E-state index in [0.717, 1.165) is 10.4 Å². The van der Waals surface area contributed by atoms with Crippen LogP contribution in [0.3, 0.4) is 0 Å². The van der Waals surface area contributed by atoms with Crippen molar-refractivity contribution in [3.05, 3.63) is 52.2 Å². The number of esters is 2. The first-order chi connectivity index (χ1) is 16.7. The molecular weight excluding hydrogens is 472 g/mol. The van der Waals surface area contributed by atoms with Gasteiger partial charge in [-0.1, -0.05) is 0 Å². The zero-order valence-electron chi connectivity index (χ0n) is 19.9. The van der Waals surface area contributed by atoms with Crippen LogP contribution in [0.4, 0.5) is 5.00 Å². The van der Waals surface area contributed by atoms with Crippen molar-refractivity contribution in [1.29, 1.82) is 0 Å². The first-order valence-corrected chi connectivity index (χ1v) is 11.6. The fourth-order valence-electron chi connectivity index (χ4n) is 3.55. The Labute approximate surface area is 204 Å². The minimum atomic E-state index is -0.713. The van der Waals surface area contributed by atoms with Crippen LogP contribution in [0.15, 0.2) is 35.1 Å². The largest absolute Gasteiger partial charge is 0.465 e. The molecule has 4 heterocycles. The van der Waals surface area contributed by atoms with E-state index in [1.54, 1.807) is 36.0 Å². The number of fused-ring (bicyclic) bond motifs is 1. The molecule has 0 radical (unpaired) electrons. The van der Waals surface area contributed by atoms with Crippen molar-refractivity contribution in [1.82, 2.24) is 14.8 Å². The summed E-state index contributed by atoms with van der Waals surface area (Å²) >= 11 is 1.25. The molecule has 10 nitrogen and oxygen atoms in total. The lowest BCUT2D eigenvalue weighted by atomic mass is 10.1. The van der Waals surface area contributed by atoms with E-state index in [-0.39, 0.29) is 17.2 Å². The number of methoxy groups -OCH3 is 1. The van der Waals surface area contributed by atoms with Gasteiger partial charge in [0.25, 0.3) is 5.91 Å². The lowest BCUT2D eigenvalue weighted by molar-refractivity contribution is -0.119. The molecule has 0 aliphatic rings. The topological polar surface area (TPSA) is 126 Å². The minimum Gasteiger partial charge on any atom is -0.465 e. The molecule has 0 unspecified atom stereocenters. The number of carbonyl (C=O) groups excluding carboxylic acids is 3. The highest BCUT2D eigenvalue weighted by molar-refractivity contribution is 7.16. The van der Waals surface area contributed by atoms with Crippen LogP contribution < -0.4 is 5.32 Å². The average molecular weight is 497 g/mol. The molecule has 182 valence electrons. The molecule has 1 amide bonds. The van der Waals surface area contributed by atoms with Gasteiger partial charge in [0.2, 0.25) is 0 Å². The zero-order valence-corrected chi connectivity index (χ0v) is 20.7. The van der Waals surface area contributed by atoms with E-state index in [4.69, 9.17) is 13.9 Å². The Hall–Kier alpha value is -3.99. The van der Waals surface area contributed by atoms with E-state index in [2.05, 4.69) is 15.4 Å². The molecular formula is C24H24N4O6S. The predicted molar refractivity (Wildman–Crippen MR) is 130 cm³/mol. The van der Waals surface area contributed by atoms with E-state index >= 15 is 0 Å². The molecule has 4 aromatic heterocycles. The number of rotatable bonds is 7. The molecule has 0 bridgehead atoms. The van der Waals surface area contributed by atoms with Crippen molar-refractivity contribution >= 4 is 45.2 Å². The van der Waals surface area contributed by atoms with E-state index < -0.39 is 24.5 Å². The summed E-state index contributed by atoms with van der Waals surface area (Å²) in [6.07, 6.45) is 3.06. The molecule has 0 aliphatic carbocycles. The Morgan fingerprint density at radius 3 is 2.66 bits per heavy atom. The summed E-state index contributed by atoms with van der Waals surface area (Å²) < 4.78 is 17.3. The fourth-order valence-corrected chi connectivity index (χ4v) is 4.61. The average Bonchev–Trinajstić information content (AvgIpc) is 3.56. The van der Waals surface area contributed by atoms with Crippen LogP contribution in [-0.4, -0.2) is 46.3 Å². The number of carbonyl (C=O) groups is 3. The normalized spacial score (nSPS) is 11.1. The fraction of sp³-hybridized carbons (Fsp3) is 0.292. The van der Waals surface area contributed by atoms with Gasteiger partial charge >= 0.3 is 11.9 Å². The first kappa shape index (κ1) is 24.1. The maximum absolute atomic E-state index is 13.0. The van der Waals surface area contributed by atoms with Crippen molar-refractivity contribution in [3.63, 3.8) is 0 Å². The molecule has 4 rings (SSSR count). The Morgan fingerprint density at radius 1 is 1.23 bits per heavy atom. The predicted octanol–water partition coefficient (Wildman–Crippen LogP) is 4.53. The SMILES string of the molecule is COC(=O)c1c(NC(=O)COC(=O)c2cc(-c3ccco3)nc3c2cnn3C(C)C)sc(C)c1C. The summed E-state index contributed by atoms with van der Waals surface area (Å²) in [6.45, 7) is 6.97. The monoisotopic (exact) mass is 496 g/mol. The third-order valence-electron chi connectivity index (χ3n) is 5.41. The van der Waals surface area contributed by atoms with Crippen LogP contribution >= 0.6 is 11.3 Å². The van der Waals surface area contributed by atoms with E-state index in [1.165, 1.54) is 24.7 Å². The number of hydrogen-bond acceptors (Lipinski definition) is 9. The quantitative estimate of drug-likeness (QED) is 0.370. The number of pyridine rings is 1. The van der Waals surface area contributed by atoms with Crippen LogP contribution in [0.5, 0.6) is 0 Å². The maximum Gasteiger partial charge on any atom is 0.341 e. The number of nitrogens with zero attached hydrogens (tertiary/aromatic N) is 3. The Bertz CT molecular complexity index is 1420. The maximum atomic E-state index is 13.0. The molecule has 0 spiro atoms. The van der Waals surface area contributed by atoms with Gasteiger partial charge in [0.05, 0.1) is 36.1 Å². The second-order valence-electron chi connectivity index (χ2n) is 8.06. The second-order valence-corrected chi connectivity index (χ2v) is 9.28. The van der Waals surface area contributed by atoms with Crippen molar-refractivity contribution in [2.45, 2.75) is 33.7 Å². The van der Waals surface area contributed by atoms with Crippen LogP contribution in [0, 0.1) is 13.8 Å². The van der Waals surface area contributed by atoms with Crippen LogP contribution in [0.1, 0.15) is 51.0 Å². The second kappa shape index (κ2) is 9.71. The van der Waals surface area contributed by atoms with E-state index in [0.29, 0.717) is 27.5 Å². The number of nitrogens with one attached hydrogen (secondary N) is 1. The Morgan fingerprint density at radius 2 is 2.00 bits per heavy atom. The number of thiophene rings is 1. The highest BCUT2D eigenvalue weighted by atomic mass is 32.1. The third-order valence-corrected chi connectivity index (χ3v) is 6.53. The first-order valence-electron chi connectivity index (χ1n) is 10.8. The van der Waals surface area contributed by atoms with Gasteiger partial charge in [-0.15, -0.1) is 11.3 Å². The zero-order chi connectivity index (χ0) is 25.3. The standard InChI is InChI=1S/C24H24N4O6S/c1-12(2)28-21-16(10-25-28)15(9-17(26-21)18-7-6-8-33-18)23(30)34-11-19(29)27-22-20(24(31)32-5)13(3)14(4)35-22/h6-10,12H,11H2,1-5H3,(H,27,29). The van der Waals surface area contributed by atoms with Gasteiger partial charge in [-0.25, -0.2) is 19.3 Å². The molecule has 0 fully saturated rings. The molecule has 0 saturated carbocycles. The molecule has 4 aromatic rings. The van der Waals surface area contributed by atoms with Crippen LogP contribution in [0.2, 0.25) is 0 Å². The number of aromatic nitrogens is 3. The van der Waals surface area contributed by atoms with Gasteiger partial charge in [0, 0.05) is 10.9 Å². The molecule has 0 aliphatic heterocycles. The number of hydrogen-bond donors (Lipinski definition) is 1. The van der Waals surface area contributed by atoms with Gasteiger partial charge in [0.1, 0.15) is 10.7 Å². The molecule has 1 N–H and O–H groups in total. The summed E-state index contributed by atoms with van der Waals surface area (Å²) in [7, 11) is 1.27.